The normalized spacial score (nSPS) is 9.31. The monoisotopic (exact) mass is 247 g/mol. The van der Waals surface area contributed by atoms with Crippen LogP contribution in [0.1, 0.15) is 5.56 Å². The highest BCUT2D eigenvalue weighted by atomic mass is 35.5. The van der Waals surface area contributed by atoms with Crippen LogP contribution in [0.3, 0.4) is 0 Å². The fraction of sp³-hybridized carbons (Fsp3) is 0.250. The van der Waals surface area contributed by atoms with Crippen molar-refractivity contribution in [2.45, 2.75) is 6.42 Å². The largest absolute Gasteiger partial charge is 0.330 e. The van der Waals surface area contributed by atoms with Gasteiger partial charge in [0.15, 0.2) is 0 Å². The maximum Gasteiger partial charge on any atom is 0.276 e. The van der Waals surface area contributed by atoms with Crippen molar-refractivity contribution in [2.75, 3.05) is 6.54 Å². The lowest BCUT2D eigenvalue weighted by Gasteiger charge is -1.99. The number of nitrogens with zero attached hydrogens (tertiary/aromatic N) is 2. The summed E-state index contributed by atoms with van der Waals surface area (Å²) in [7, 11) is 0. The van der Waals surface area contributed by atoms with Crippen molar-refractivity contribution in [1.29, 1.82) is 0 Å². The Morgan fingerprint density at radius 3 is 1.81 bits per heavy atom. The van der Waals surface area contributed by atoms with Crippen LogP contribution in [0.2, 0.25) is 0 Å². The maximum absolute atomic E-state index is 10.5. The van der Waals surface area contributed by atoms with Crippen molar-refractivity contribution in [2.24, 2.45) is 5.73 Å². The van der Waals surface area contributed by atoms with Crippen molar-refractivity contribution < 1.29 is 9.85 Å². The third-order valence-corrected chi connectivity index (χ3v) is 1.82. The van der Waals surface area contributed by atoms with E-state index < -0.39 is 9.85 Å². The van der Waals surface area contributed by atoms with E-state index in [1.54, 1.807) is 0 Å². The molecule has 0 heterocycles. The van der Waals surface area contributed by atoms with Gasteiger partial charge in [0.1, 0.15) is 0 Å². The first-order chi connectivity index (χ1) is 7.04. The summed E-state index contributed by atoms with van der Waals surface area (Å²) >= 11 is 0. The number of hydrogen-bond acceptors (Lipinski definition) is 5. The van der Waals surface area contributed by atoms with Gasteiger partial charge < -0.3 is 5.73 Å². The fourth-order valence-corrected chi connectivity index (χ4v) is 1.18. The molecular weight excluding hydrogens is 238 g/mol. The minimum absolute atomic E-state index is 0. The summed E-state index contributed by atoms with van der Waals surface area (Å²) in [5.41, 5.74) is 5.20. The van der Waals surface area contributed by atoms with Crippen LogP contribution >= 0.6 is 12.4 Å². The summed E-state index contributed by atoms with van der Waals surface area (Å²) in [5, 5.41) is 21.0. The first-order valence-corrected chi connectivity index (χ1v) is 4.17. The van der Waals surface area contributed by atoms with Gasteiger partial charge in [-0.1, -0.05) is 0 Å². The predicted octanol–water partition coefficient (Wildman–Crippen LogP) is 1.43. The molecule has 2 N–H and O–H groups in total. The lowest BCUT2D eigenvalue weighted by atomic mass is 10.1. The Balaban J connectivity index is 0.00000225. The second kappa shape index (κ2) is 5.99. The molecule has 0 amide bonds. The fourth-order valence-electron chi connectivity index (χ4n) is 1.18. The molecule has 8 heteroatoms. The van der Waals surface area contributed by atoms with Gasteiger partial charge in [-0.05, 0) is 18.5 Å². The van der Waals surface area contributed by atoms with E-state index in [1.807, 2.05) is 0 Å². The van der Waals surface area contributed by atoms with E-state index in [0.29, 0.717) is 18.5 Å². The lowest BCUT2D eigenvalue weighted by Crippen LogP contribution is -2.04. The molecule has 7 nitrogen and oxygen atoms in total. The average molecular weight is 248 g/mol. The first-order valence-electron chi connectivity index (χ1n) is 4.17. The smallest absolute Gasteiger partial charge is 0.276 e. The molecule has 1 aromatic rings. The molecule has 0 radical (unpaired) electrons. The third kappa shape index (κ3) is 3.44. The number of nitro groups is 2. The van der Waals surface area contributed by atoms with Crippen molar-refractivity contribution in [1.82, 2.24) is 0 Å². The Morgan fingerprint density at radius 1 is 1.06 bits per heavy atom. The van der Waals surface area contributed by atoms with Gasteiger partial charge in [0.2, 0.25) is 0 Å². The number of non-ortho nitro benzene ring substituents is 2. The van der Waals surface area contributed by atoms with Crippen LogP contribution in [0, 0.1) is 20.2 Å². The van der Waals surface area contributed by atoms with Crippen LogP contribution in [0.4, 0.5) is 11.4 Å². The van der Waals surface area contributed by atoms with Crippen LogP contribution in [-0.4, -0.2) is 16.4 Å². The Kier molecular flexibility index (Phi) is 5.34. The van der Waals surface area contributed by atoms with Crippen LogP contribution in [-0.2, 0) is 6.42 Å². The minimum atomic E-state index is -0.660. The summed E-state index contributed by atoms with van der Waals surface area (Å²) in [6, 6.07) is 3.51. The standard InChI is InChI=1S/C8H9N3O4.ClH/c9-2-1-6-3-7(10(12)13)5-8(4-6)11(14)15;/h3-5H,1-2,9H2;1H. The van der Waals surface area contributed by atoms with E-state index in [9.17, 15) is 20.2 Å². The molecule has 0 atom stereocenters. The van der Waals surface area contributed by atoms with Gasteiger partial charge in [-0.3, -0.25) is 20.2 Å². The predicted molar refractivity (Wildman–Crippen MR) is 59.8 cm³/mol. The quantitative estimate of drug-likeness (QED) is 0.639. The summed E-state index contributed by atoms with van der Waals surface area (Å²) in [6.45, 7) is 0.290. The average Bonchev–Trinajstić information content (AvgIpc) is 2.17. The van der Waals surface area contributed by atoms with Crippen LogP contribution in [0.15, 0.2) is 18.2 Å². The van der Waals surface area contributed by atoms with Crippen molar-refractivity contribution in [3.63, 3.8) is 0 Å². The topological polar surface area (TPSA) is 112 Å². The Hall–Kier alpha value is -1.73. The Morgan fingerprint density at radius 2 is 1.50 bits per heavy atom. The van der Waals surface area contributed by atoms with Crippen molar-refractivity contribution in [3.8, 4) is 0 Å². The molecule has 16 heavy (non-hydrogen) atoms. The van der Waals surface area contributed by atoms with E-state index in [0.717, 1.165) is 6.07 Å². The minimum Gasteiger partial charge on any atom is -0.330 e. The molecule has 0 saturated carbocycles. The highest BCUT2D eigenvalue weighted by Gasteiger charge is 2.15. The van der Waals surface area contributed by atoms with E-state index in [4.69, 9.17) is 5.73 Å². The summed E-state index contributed by atoms with van der Waals surface area (Å²) < 4.78 is 0. The Bertz CT molecular complexity index is 378. The molecule has 0 aromatic heterocycles. The molecule has 0 fully saturated rings. The van der Waals surface area contributed by atoms with E-state index in [2.05, 4.69) is 0 Å². The van der Waals surface area contributed by atoms with Crippen molar-refractivity contribution >= 4 is 23.8 Å². The molecule has 1 aromatic carbocycles. The first kappa shape index (κ1) is 14.3. The van der Waals surface area contributed by atoms with Crippen LogP contribution in [0.5, 0.6) is 0 Å². The number of nitrogens with two attached hydrogens (primary N) is 1. The molecule has 0 unspecified atom stereocenters. The molecule has 0 bridgehead atoms. The zero-order valence-electron chi connectivity index (χ0n) is 8.16. The van der Waals surface area contributed by atoms with E-state index >= 15 is 0 Å². The molecule has 1 rings (SSSR count). The Labute approximate surface area is 97.0 Å². The maximum atomic E-state index is 10.5. The van der Waals surface area contributed by atoms with E-state index in [-0.39, 0.29) is 23.8 Å². The molecule has 0 saturated heterocycles. The molecule has 0 aliphatic carbocycles. The second-order valence-electron chi connectivity index (χ2n) is 2.91. The lowest BCUT2D eigenvalue weighted by molar-refractivity contribution is -0.394. The van der Waals surface area contributed by atoms with Gasteiger partial charge in [0, 0.05) is 12.1 Å². The SMILES string of the molecule is Cl.NCCc1cc([N+](=O)[O-])cc([N+](=O)[O-])c1. The number of halogens is 1. The van der Waals surface area contributed by atoms with Gasteiger partial charge in [-0.15, -0.1) is 12.4 Å². The zero-order valence-corrected chi connectivity index (χ0v) is 8.98. The highest BCUT2D eigenvalue weighted by Crippen LogP contribution is 2.22. The highest BCUT2D eigenvalue weighted by molar-refractivity contribution is 5.85. The van der Waals surface area contributed by atoms with E-state index in [1.165, 1.54) is 12.1 Å². The number of hydrogen-bond donors (Lipinski definition) is 1. The molecule has 88 valence electrons. The number of rotatable bonds is 4. The van der Waals surface area contributed by atoms with Crippen LogP contribution in [0.25, 0.3) is 0 Å². The number of nitro benzene ring substituents is 2. The van der Waals surface area contributed by atoms with Gasteiger partial charge in [-0.25, -0.2) is 0 Å². The van der Waals surface area contributed by atoms with Gasteiger partial charge >= 0.3 is 0 Å². The molecular formula is C8H10ClN3O4. The number of benzene rings is 1. The van der Waals surface area contributed by atoms with Gasteiger partial charge in [-0.2, -0.15) is 0 Å². The third-order valence-electron chi connectivity index (χ3n) is 1.82. The van der Waals surface area contributed by atoms with Gasteiger partial charge in [0.25, 0.3) is 11.4 Å². The summed E-state index contributed by atoms with van der Waals surface area (Å²) in [4.78, 5) is 19.6. The zero-order chi connectivity index (χ0) is 11.4. The molecule has 0 spiro atoms. The summed E-state index contributed by atoms with van der Waals surface area (Å²) in [5.74, 6) is 0. The van der Waals surface area contributed by atoms with Crippen LogP contribution < -0.4 is 5.73 Å². The second-order valence-corrected chi connectivity index (χ2v) is 2.91. The van der Waals surface area contributed by atoms with Crippen molar-refractivity contribution in [3.05, 3.63) is 44.0 Å². The summed E-state index contributed by atoms with van der Waals surface area (Å²) in [6.07, 6.45) is 0.377. The molecule has 0 aliphatic heterocycles. The molecule has 0 aliphatic rings. The van der Waals surface area contributed by atoms with Gasteiger partial charge in [0.05, 0.1) is 15.9 Å².